The van der Waals surface area contributed by atoms with E-state index in [1.54, 1.807) is 12.3 Å². The van der Waals surface area contributed by atoms with Gasteiger partial charge in [0.25, 0.3) is 5.91 Å². The Bertz CT molecular complexity index is 655. The molecule has 0 aliphatic rings. The summed E-state index contributed by atoms with van der Waals surface area (Å²) in [5, 5.41) is 1.65. The summed E-state index contributed by atoms with van der Waals surface area (Å²) in [7, 11) is 0. The van der Waals surface area contributed by atoms with Crippen LogP contribution in [0.15, 0.2) is 26.9 Å². The number of primary amides is 1. The zero-order chi connectivity index (χ0) is 14.9. The van der Waals surface area contributed by atoms with Crippen molar-refractivity contribution in [2.45, 2.75) is 22.5 Å². The highest BCUT2D eigenvalue weighted by atomic mass is 32.2. The van der Waals surface area contributed by atoms with Crippen molar-refractivity contribution in [1.29, 1.82) is 0 Å². The standard InChI is InChI=1S/C11H8F3N3OS2/c1-5-4-19-10(16-5)20-9-6(8(15)18)2-3-7(17-9)11(12,13)14/h2-4H,1H3,(H2,15,18). The van der Waals surface area contributed by atoms with Gasteiger partial charge in [-0.1, -0.05) is 0 Å². The zero-order valence-corrected chi connectivity index (χ0v) is 11.7. The Morgan fingerprint density at radius 2 is 2.05 bits per heavy atom. The Morgan fingerprint density at radius 3 is 2.55 bits per heavy atom. The number of amides is 1. The van der Waals surface area contributed by atoms with Crippen molar-refractivity contribution < 1.29 is 18.0 Å². The largest absolute Gasteiger partial charge is 0.433 e. The molecule has 0 fully saturated rings. The Labute approximate surface area is 120 Å². The fourth-order valence-corrected chi connectivity index (χ4v) is 3.20. The Hall–Kier alpha value is -1.61. The molecule has 0 aliphatic carbocycles. The monoisotopic (exact) mass is 319 g/mol. The van der Waals surface area contributed by atoms with E-state index in [0.717, 1.165) is 29.6 Å². The van der Waals surface area contributed by atoms with E-state index in [9.17, 15) is 18.0 Å². The molecule has 0 aromatic carbocycles. The van der Waals surface area contributed by atoms with Crippen LogP contribution >= 0.6 is 23.1 Å². The second-order valence-electron chi connectivity index (χ2n) is 3.77. The lowest BCUT2D eigenvalue weighted by molar-refractivity contribution is -0.141. The number of hydrogen-bond acceptors (Lipinski definition) is 5. The van der Waals surface area contributed by atoms with Gasteiger partial charge >= 0.3 is 6.18 Å². The lowest BCUT2D eigenvalue weighted by atomic mass is 10.2. The maximum Gasteiger partial charge on any atom is 0.433 e. The first-order valence-electron chi connectivity index (χ1n) is 5.25. The molecule has 20 heavy (non-hydrogen) atoms. The number of rotatable bonds is 3. The highest BCUT2D eigenvalue weighted by Gasteiger charge is 2.33. The number of thiazole rings is 1. The normalized spacial score (nSPS) is 11.6. The van der Waals surface area contributed by atoms with Gasteiger partial charge in [-0.3, -0.25) is 4.79 Å². The molecular weight excluding hydrogens is 311 g/mol. The number of nitrogens with zero attached hydrogens (tertiary/aromatic N) is 2. The summed E-state index contributed by atoms with van der Waals surface area (Å²) < 4.78 is 38.4. The molecule has 0 aliphatic heterocycles. The minimum absolute atomic E-state index is 0.0594. The van der Waals surface area contributed by atoms with E-state index in [4.69, 9.17) is 5.73 Å². The van der Waals surface area contributed by atoms with Crippen LogP contribution in [0.2, 0.25) is 0 Å². The summed E-state index contributed by atoms with van der Waals surface area (Å²) in [5.41, 5.74) is 4.75. The zero-order valence-electron chi connectivity index (χ0n) is 10.1. The molecule has 2 N–H and O–H groups in total. The van der Waals surface area contributed by atoms with Crippen LogP contribution < -0.4 is 5.73 Å². The van der Waals surface area contributed by atoms with Gasteiger partial charge in [0.2, 0.25) is 0 Å². The van der Waals surface area contributed by atoms with Crippen LogP contribution in [0.1, 0.15) is 21.7 Å². The third kappa shape index (κ3) is 3.28. The van der Waals surface area contributed by atoms with Crippen LogP contribution in [0.5, 0.6) is 0 Å². The van der Waals surface area contributed by atoms with Crippen molar-refractivity contribution in [3.63, 3.8) is 0 Å². The molecule has 1 amide bonds. The minimum Gasteiger partial charge on any atom is -0.366 e. The van der Waals surface area contributed by atoms with E-state index in [2.05, 4.69) is 9.97 Å². The molecule has 0 atom stereocenters. The first-order valence-corrected chi connectivity index (χ1v) is 6.95. The van der Waals surface area contributed by atoms with Crippen LogP contribution in [0.25, 0.3) is 0 Å². The second kappa shape index (κ2) is 5.41. The van der Waals surface area contributed by atoms with E-state index in [0.29, 0.717) is 4.34 Å². The van der Waals surface area contributed by atoms with Crippen LogP contribution in [-0.2, 0) is 6.18 Å². The molecule has 0 saturated heterocycles. The van der Waals surface area contributed by atoms with Gasteiger partial charge in [-0.15, -0.1) is 11.3 Å². The van der Waals surface area contributed by atoms with Crippen molar-refractivity contribution in [2.75, 3.05) is 0 Å². The summed E-state index contributed by atoms with van der Waals surface area (Å²) in [6.45, 7) is 1.76. The molecule has 106 valence electrons. The fraction of sp³-hybridized carbons (Fsp3) is 0.182. The maximum atomic E-state index is 12.6. The smallest absolute Gasteiger partial charge is 0.366 e. The first-order chi connectivity index (χ1) is 9.27. The molecule has 2 rings (SSSR count). The topological polar surface area (TPSA) is 68.9 Å². The number of carbonyl (C=O) groups excluding carboxylic acids is 1. The summed E-state index contributed by atoms with van der Waals surface area (Å²) >= 11 is 2.15. The molecule has 2 aromatic heterocycles. The molecule has 0 spiro atoms. The van der Waals surface area contributed by atoms with Crippen molar-refractivity contribution >= 4 is 29.0 Å². The van der Waals surface area contributed by atoms with Gasteiger partial charge in [0, 0.05) is 11.1 Å². The SMILES string of the molecule is Cc1csc(Sc2nc(C(F)(F)F)ccc2C(N)=O)n1. The van der Waals surface area contributed by atoms with Gasteiger partial charge in [-0.25, -0.2) is 9.97 Å². The van der Waals surface area contributed by atoms with E-state index in [-0.39, 0.29) is 10.6 Å². The van der Waals surface area contributed by atoms with E-state index >= 15 is 0 Å². The first kappa shape index (κ1) is 14.8. The second-order valence-corrected chi connectivity index (χ2v) is 5.86. The van der Waals surface area contributed by atoms with E-state index < -0.39 is 17.8 Å². The van der Waals surface area contributed by atoms with E-state index in [1.165, 1.54) is 11.3 Å². The van der Waals surface area contributed by atoms with Gasteiger partial charge in [-0.2, -0.15) is 13.2 Å². The van der Waals surface area contributed by atoms with Gasteiger partial charge in [0.1, 0.15) is 10.7 Å². The molecule has 2 aromatic rings. The predicted molar refractivity (Wildman–Crippen MR) is 68.7 cm³/mol. The van der Waals surface area contributed by atoms with Crippen molar-refractivity contribution in [2.24, 2.45) is 5.73 Å². The summed E-state index contributed by atoms with van der Waals surface area (Å²) in [5.74, 6) is -0.831. The molecule has 0 bridgehead atoms. The number of hydrogen-bond donors (Lipinski definition) is 1. The molecule has 2 heterocycles. The van der Waals surface area contributed by atoms with Crippen LogP contribution in [0.4, 0.5) is 13.2 Å². The quantitative estimate of drug-likeness (QED) is 0.944. The third-order valence-electron chi connectivity index (χ3n) is 2.20. The molecule has 0 unspecified atom stereocenters. The number of aryl methyl sites for hydroxylation is 1. The molecule has 4 nitrogen and oxygen atoms in total. The number of nitrogens with two attached hydrogens (primary N) is 1. The highest BCUT2D eigenvalue weighted by molar-refractivity contribution is 8.01. The van der Waals surface area contributed by atoms with Crippen LogP contribution in [0.3, 0.4) is 0 Å². The Morgan fingerprint density at radius 1 is 1.35 bits per heavy atom. The number of pyridine rings is 1. The van der Waals surface area contributed by atoms with Gasteiger partial charge in [-0.05, 0) is 30.8 Å². The minimum atomic E-state index is -4.58. The summed E-state index contributed by atoms with van der Waals surface area (Å²) in [6, 6.07) is 1.76. The number of halogens is 3. The predicted octanol–water partition coefficient (Wildman–Crippen LogP) is 3.12. The molecule has 9 heteroatoms. The van der Waals surface area contributed by atoms with Crippen molar-refractivity contribution in [3.8, 4) is 0 Å². The highest BCUT2D eigenvalue weighted by Crippen LogP contribution is 2.34. The van der Waals surface area contributed by atoms with E-state index in [1.807, 2.05) is 0 Å². The Kier molecular flexibility index (Phi) is 4.00. The summed E-state index contributed by atoms with van der Waals surface area (Å²) in [6.07, 6.45) is -4.58. The van der Waals surface area contributed by atoms with Gasteiger partial charge in [0.15, 0.2) is 4.34 Å². The fourth-order valence-electron chi connectivity index (χ4n) is 1.33. The number of alkyl halides is 3. The van der Waals surface area contributed by atoms with Gasteiger partial charge < -0.3 is 5.73 Å². The van der Waals surface area contributed by atoms with Crippen molar-refractivity contribution in [1.82, 2.24) is 9.97 Å². The average molecular weight is 319 g/mol. The lowest BCUT2D eigenvalue weighted by Gasteiger charge is -2.09. The molecule has 0 radical (unpaired) electrons. The average Bonchev–Trinajstić information content (AvgIpc) is 2.73. The maximum absolute atomic E-state index is 12.6. The molecular formula is C11H8F3N3OS2. The van der Waals surface area contributed by atoms with Gasteiger partial charge in [0.05, 0.1) is 5.56 Å². The third-order valence-corrected chi connectivity index (χ3v) is 4.26. The van der Waals surface area contributed by atoms with Crippen LogP contribution in [0, 0.1) is 6.92 Å². The summed E-state index contributed by atoms with van der Waals surface area (Å²) in [4.78, 5) is 18.8. The number of aromatic nitrogens is 2. The van der Waals surface area contributed by atoms with Crippen LogP contribution in [-0.4, -0.2) is 15.9 Å². The number of carbonyl (C=O) groups is 1. The van der Waals surface area contributed by atoms with Crippen molar-refractivity contribution in [3.05, 3.63) is 34.5 Å². The lowest BCUT2D eigenvalue weighted by Crippen LogP contribution is -2.16. The Balaban J connectivity index is 2.44. The molecule has 0 saturated carbocycles.